The largest absolute Gasteiger partial charge is 0.408 e. The highest BCUT2D eigenvalue weighted by Gasteiger charge is 2.03. The van der Waals surface area contributed by atoms with Gasteiger partial charge in [0.15, 0.2) is 0 Å². The predicted octanol–water partition coefficient (Wildman–Crippen LogP) is 1.63. The second kappa shape index (κ2) is 6.10. The molecule has 1 rings (SSSR count). The van der Waals surface area contributed by atoms with E-state index in [9.17, 15) is 0 Å². The molecule has 74 valence electrons. The van der Waals surface area contributed by atoms with Crippen LogP contribution in [0.2, 0.25) is 0 Å². The average Bonchev–Trinajstić information content (AvgIpc) is 2.54. The van der Waals surface area contributed by atoms with Gasteiger partial charge in [-0.2, -0.15) is 11.8 Å². The third-order valence-corrected chi connectivity index (χ3v) is 2.16. The molecule has 0 fully saturated rings. The van der Waals surface area contributed by atoms with E-state index in [4.69, 9.17) is 16.0 Å². The van der Waals surface area contributed by atoms with E-state index in [1.165, 1.54) is 0 Å². The summed E-state index contributed by atoms with van der Waals surface area (Å²) in [4.78, 5) is 0. The normalized spacial score (nSPS) is 10.3. The van der Waals surface area contributed by atoms with Crippen LogP contribution in [0.25, 0.3) is 0 Å². The van der Waals surface area contributed by atoms with E-state index in [0.29, 0.717) is 24.2 Å². The first-order chi connectivity index (χ1) is 6.36. The molecule has 0 spiro atoms. The van der Waals surface area contributed by atoms with Crippen LogP contribution in [0.3, 0.4) is 0 Å². The van der Waals surface area contributed by atoms with Crippen molar-refractivity contribution in [1.29, 1.82) is 0 Å². The molecule has 0 saturated heterocycles. The third-order valence-electron chi connectivity index (χ3n) is 1.36. The molecule has 0 bridgehead atoms. The number of thioether (sulfide) groups is 1. The Morgan fingerprint density at radius 1 is 1.54 bits per heavy atom. The fraction of sp³-hybridized carbons (Fsp3) is 0.714. The summed E-state index contributed by atoms with van der Waals surface area (Å²) in [6.07, 6.45) is 2.67. The molecule has 13 heavy (non-hydrogen) atoms. The summed E-state index contributed by atoms with van der Waals surface area (Å²) in [6, 6.07) is 0.481. The summed E-state index contributed by atoms with van der Waals surface area (Å²) in [5.74, 6) is 2.11. The average molecular weight is 222 g/mol. The Morgan fingerprint density at radius 3 is 3.08 bits per heavy atom. The number of anilines is 1. The van der Waals surface area contributed by atoms with E-state index in [1.807, 2.05) is 0 Å². The molecule has 0 saturated carbocycles. The molecule has 0 aromatic carbocycles. The van der Waals surface area contributed by atoms with Crippen LogP contribution in [0.1, 0.15) is 5.89 Å². The van der Waals surface area contributed by atoms with Gasteiger partial charge in [0, 0.05) is 24.6 Å². The van der Waals surface area contributed by atoms with Gasteiger partial charge in [0.05, 0.1) is 0 Å². The van der Waals surface area contributed by atoms with Crippen LogP contribution < -0.4 is 5.32 Å². The zero-order valence-corrected chi connectivity index (χ0v) is 8.99. The lowest BCUT2D eigenvalue weighted by Gasteiger charge is -1.96. The maximum Gasteiger partial charge on any atom is 0.315 e. The Kier molecular flexibility index (Phi) is 5.00. The van der Waals surface area contributed by atoms with Crippen molar-refractivity contribution in [2.24, 2.45) is 0 Å². The van der Waals surface area contributed by atoms with Gasteiger partial charge in [-0.05, 0) is 6.26 Å². The fourth-order valence-electron chi connectivity index (χ4n) is 0.767. The summed E-state index contributed by atoms with van der Waals surface area (Å²) < 4.78 is 5.24. The predicted molar refractivity (Wildman–Crippen MR) is 55.6 cm³/mol. The van der Waals surface area contributed by atoms with E-state index >= 15 is 0 Å². The van der Waals surface area contributed by atoms with E-state index in [2.05, 4.69) is 21.8 Å². The van der Waals surface area contributed by atoms with Crippen molar-refractivity contribution in [3.63, 3.8) is 0 Å². The first kappa shape index (κ1) is 10.7. The molecule has 0 radical (unpaired) electrons. The Hall–Kier alpha value is -0.420. The Bertz CT molecular complexity index is 243. The summed E-state index contributed by atoms with van der Waals surface area (Å²) >= 11 is 7.29. The number of aromatic nitrogens is 2. The molecule has 1 heterocycles. The van der Waals surface area contributed by atoms with E-state index < -0.39 is 0 Å². The summed E-state index contributed by atoms with van der Waals surface area (Å²) in [7, 11) is 0. The molecule has 4 nitrogen and oxygen atoms in total. The molecule has 1 aromatic rings. The SMILES string of the molecule is CSCCNc1nnc(CCCl)o1. The Morgan fingerprint density at radius 2 is 2.38 bits per heavy atom. The highest BCUT2D eigenvalue weighted by Crippen LogP contribution is 2.06. The standard InChI is InChI=1S/C7H12ClN3OS/c1-13-5-4-9-7-11-10-6(12-7)2-3-8/h2-5H2,1H3,(H,9,11). The van der Waals surface area contributed by atoms with Gasteiger partial charge in [-0.25, -0.2) is 0 Å². The van der Waals surface area contributed by atoms with Gasteiger partial charge in [-0.1, -0.05) is 5.10 Å². The highest BCUT2D eigenvalue weighted by molar-refractivity contribution is 7.98. The molecule has 0 aliphatic heterocycles. The van der Waals surface area contributed by atoms with Crippen LogP contribution in [-0.2, 0) is 6.42 Å². The lowest BCUT2D eigenvalue weighted by atomic mass is 10.5. The lowest BCUT2D eigenvalue weighted by Crippen LogP contribution is -2.03. The number of aryl methyl sites for hydroxylation is 1. The number of halogens is 1. The van der Waals surface area contributed by atoms with Crippen molar-refractivity contribution in [1.82, 2.24) is 10.2 Å². The first-order valence-corrected chi connectivity index (χ1v) is 5.91. The molecule has 0 amide bonds. The van der Waals surface area contributed by atoms with Gasteiger partial charge in [0.1, 0.15) is 0 Å². The zero-order chi connectivity index (χ0) is 9.52. The van der Waals surface area contributed by atoms with Gasteiger partial charge in [0.2, 0.25) is 5.89 Å². The Balaban J connectivity index is 2.31. The Labute approximate surface area is 86.4 Å². The molecule has 0 aliphatic carbocycles. The van der Waals surface area contributed by atoms with Crippen LogP contribution in [-0.4, -0.2) is 34.6 Å². The van der Waals surface area contributed by atoms with Crippen molar-refractivity contribution in [2.75, 3.05) is 29.8 Å². The molecule has 1 N–H and O–H groups in total. The minimum atomic E-state index is 0.481. The maximum absolute atomic E-state index is 5.52. The quantitative estimate of drug-likeness (QED) is 0.585. The number of hydrogen-bond acceptors (Lipinski definition) is 5. The first-order valence-electron chi connectivity index (χ1n) is 3.98. The van der Waals surface area contributed by atoms with E-state index in [-0.39, 0.29) is 0 Å². The lowest BCUT2D eigenvalue weighted by molar-refractivity contribution is 0.513. The minimum Gasteiger partial charge on any atom is -0.408 e. The summed E-state index contributed by atoms with van der Waals surface area (Å²) in [5, 5.41) is 10.6. The van der Waals surface area contributed by atoms with Crippen LogP contribution >= 0.6 is 23.4 Å². The van der Waals surface area contributed by atoms with Gasteiger partial charge >= 0.3 is 6.01 Å². The topological polar surface area (TPSA) is 51.0 Å². The van der Waals surface area contributed by atoms with E-state index in [0.717, 1.165) is 12.3 Å². The molecule has 0 aliphatic rings. The van der Waals surface area contributed by atoms with Gasteiger partial charge in [-0.3, -0.25) is 0 Å². The van der Waals surface area contributed by atoms with Crippen molar-refractivity contribution >= 4 is 29.4 Å². The minimum absolute atomic E-state index is 0.481. The van der Waals surface area contributed by atoms with Crippen molar-refractivity contribution in [3.05, 3.63) is 5.89 Å². The second-order valence-electron chi connectivity index (χ2n) is 2.36. The summed E-state index contributed by atoms with van der Waals surface area (Å²) in [5.41, 5.74) is 0. The van der Waals surface area contributed by atoms with Crippen molar-refractivity contribution in [3.8, 4) is 0 Å². The summed E-state index contributed by atoms with van der Waals surface area (Å²) in [6.45, 7) is 0.837. The molecule has 0 atom stereocenters. The van der Waals surface area contributed by atoms with Crippen LogP contribution in [0.4, 0.5) is 6.01 Å². The van der Waals surface area contributed by atoms with Crippen molar-refractivity contribution < 1.29 is 4.42 Å². The number of nitrogens with one attached hydrogen (secondary N) is 1. The number of rotatable bonds is 6. The van der Waals surface area contributed by atoms with Gasteiger partial charge in [0.25, 0.3) is 0 Å². The molecular weight excluding hydrogens is 210 g/mol. The number of hydrogen-bond donors (Lipinski definition) is 1. The highest BCUT2D eigenvalue weighted by atomic mass is 35.5. The monoisotopic (exact) mass is 221 g/mol. The molecule has 1 aromatic heterocycles. The van der Waals surface area contributed by atoms with Gasteiger partial charge in [-0.15, -0.1) is 16.7 Å². The van der Waals surface area contributed by atoms with Crippen molar-refractivity contribution in [2.45, 2.75) is 6.42 Å². The smallest absolute Gasteiger partial charge is 0.315 e. The number of nitrogens with zero attached hydrogens (tertiary/aromatic N) is 2. The molecular formula is C7H12ClN3OS. The van der Waals surface area contributed by atoms with Crippen LogP contribution in [0.15, 0.2) is 4.42 Å². The third kappa shape index (κ3) is 3.87. The maximum atomic E-state index is 5.52. The van der Waals surface area contributed by atoms with Gasteiger partial charge < -0.3 is 9.73 Å². The molecule has 0 unspecified atom stereocenters. The van der Waals surface area contributed by atoms with Crippen LogP contribution in [0.5, 0.6) is 0 Å². The molecule has 6 heteroatoms. The fourth-order valence-corrected chi connectivity index (χ4v) is 1.23. The number of alkyl halides is 1. The second-order valence-corrected chi connectivity index (χ2v) is 3.72. The van der Waals surface area contributed by atoms with E-state index in [1.54, 1.807) is 11.8 Å². The van der Waals surface area contributed by atoms with Crippen LogP contribution in [0, 0.1) is 0 Å². The zero-order valence-electron chi connectivity index (χ0n) is 7.42.